The van der Waals surface area contributed by atoms with E-state index < -0.39 is 0 Å². The Bertz CT molecular complexity index is 233. The molecule has 0 atom stereocenters. The van der Waals surface area contributed by atoms with Gasteiger partial charge in [-0.3, -0.25) is 0 Å². The zero-order valence-corrected chi connectivity index (χ0v) is 9.56. The van der Waals surface area contributed by atoms with Crippen LogP contribution in [0.4, 0.5) is 4.79 Å². The first-order valence-corrected chi connectivity index (χ1v) is 6.04. The van der Waals surface area contributed by atoms with E-state index >= 15 is 0 Å². The molecule has 2 rings (SSSR count). The largest absolute Gasteiger partial charge is 0.446 e. The Morgan fingerprint density at radius 1 is 1.19 bits per heavy atom. The maximum atomic E-state index is 11.8. The van der Waals surface area contributed by atoms with Crippen LogP contribution >= 0.6 is 0 Å². The van der Waals surface area contributed by atoms with Crippen LogP contribution in [0.3, 0.4) is 0 Å². The predicted molar refractivity (Wildman–Crippen MR) is 59.1 cm³/mol. The minimum absolute atomic E-state index is 0.0649. The van der Waals surface area contributed by atoms with Gasteiger partial charge in [0, 0.05) is 19.1 Å². The van der Waals surface area contributed by atoms with Crippen molar-refractivity contribution >= 4 is 6.09 Å². The first kappa shape index (κ1) is 11.7. The summed E-state index contributed by atoms with van der Waals surface area (Å²) >= 11 is 0. The maximum Gasteiger partial charge on any atom is 0.410 e. The van der Waals surface area contributed by atoms with E-state index in [0.717, 1.165) is 25.7 Å². The van der Waals surface area contributed by atoms with Crippen molar-refractivity contribution in [3.05, 3.63) is 0 Å². The minimum Gasteiger partial charge on any atom is -0.446 e. The first-order chi connectivity index (χ1) is 7.75. The van der Waals surface area contributed by atoms with Crippen LogP contribution in [0.25, 0.3) is 0 Å². The van der Waals surface area contributed by atoms with Crippen LogP contribution in [0, 0.1) is 0 Å². The Morgan fingerprint density at radius 3 is 2.44 bits per heavy atom. The van der Waals surface area contributed by atoms with Crippen molar-refractivity contribution < 1.29 is 14.3 Å². The van der Waals surface area contributed by atoms with E-state index in [9.17, 15) is 4.79 Å². The molecule has 0 unspecified atom stereocenters. The summed E-state index contributed by atoms with van der Waals surface area (Å²) in [5, 5.41) is 0. The quantitative estimate of drug-likeness (QED) is 0.718. The van der Waals surface area contributed by atoms with E-state index in [1.807, 2.05) is 0 Å². The summed E-state index contributed by atoms with van der Waals surface area (Å²) in [6.07, 6.45) is 3.59. The van der Waals surface area contributed by atoms with Crippen LogP contribution in [0.5, 0.6) is 0 Å². The lowest BCUT2D eigenvalue weighted by Crippen LogP contribution is -2.43. The lowest BCUT2D eigenvalue weighted by Gasteiger charge is -2.30. The summed E-state index contributed by atoms with van der Waals surface area (Å²) in [7, 11) is 0. The number of hydrogen-bond donors (Lipinski definition) is 1. The molecule has 1 heterocycles. The second-order valence-electron chi connectivity index (χ2n) is 4.52. The molecule has 1 saturated heterocycles. The molecule has 0 aromatic heterocycles. The number of rotatable bonds is 1. The highest BCUT2D eigenvalue weighted by atomic mass is 16.6. The van der Waals surface area contributed by atoms with Crippen molar-refractivity contribution in [2.75, 3.05) is 26.3 Å². The number of morpholine rings is 1. The van der Waals surface area contributed by atoms with E-state index in [4.69, 9.17) is 15.2 Å². The highest BCUT2D eigenvalue weighted by Crippen LogP contribution is 2.20. The Hall–Kier alpha value is -0.810. The molecule has 1 aliphatic heterocycles. The van der Waals surface area contributed by atoms with Gasteiger partial charge in [0.2, 0.25) is 0 Å². The van der Waals surface area contributed by atoms with Crippen molar-refractivity contribution in [1.29, 1.82) is 0 Å². The van der Waals surface area contributed by atoms with E-state index in [0.29, 0.717) is 32.3 Å². The van der Waals surface area contributed by atoms with E-state index in [1.165, 1.54) is 0 Å². The molecule has 5 heteroatoms. The van der Waals surface area contributed by atoms with Gasteiger partial charge >= 0.3 is 6.09 Å². The molecule has 5 nitrogen and oxygen atoms in total. The number of hydrogen-bond acceptors (Lipinski definition) is 4. The predicted octanol–water partition coefficient (Wildman–Crippen LogP) is 0.725. The summed E-state index contributed by atoms with van der Waals surface area (Å²) in [5.41, 5.74) is 5.80. The standard InChI is InChI=1S/C11H20N2O3/c12-9-1-3-10(4-2-9)16-11(14)13-5-7-15-8-6-13/h9-10H,1-8,12H2. The molecule has 1 saturated carbocycles. The highest BCUT2D eigenvalue weighted by molar-refractivity contribution is 5.67. The Labute approximate surface area is 95.9 Å². The molecule has 0 spiro atoms. The van der Waals surface area contributed by atoms with Gasteiger partial charge in [-0.1, -0.05) is 0 Å². The van der Waals surface area contributed by atoms with Gasteiger partial charge < -0.3 is 20.1 Å². The monoisotopic (exact) mass is 228 g/mol. The summed E-state index contributed by atoms with van der Waals surface area (Å²) < 4.78 is 10.6. The van der Waals surface area contributed by atoms with E-state index in [-0.39, 0.29) is 12.2 Å². The number of nitrogens with zero attached hydrogens (tertiary/aromatic N) is 1. The lowest BCUT2D eigenvalue weighted by atomic mass is 9.94. The van der Waals surface area contributed by atoms with Crippen LogP contribution < -0.4 is 5.73 Å². The molecule has 0 radical (unpaired) electrons. The smallest absolute Gasteiger partial charge is 0.410 e. The third kappa shape index (κ3) is 3.09. The molecular formula is C11H20N2O3. The second kappa shape index (κ2) is 5.50. The van der Waals surface area contributed by atoms with Gasteiger partial charge in [0.15, 0.2) is 0 Å². The van der Waals surface area contributed by atoms with Gasteiger partial charge in [0.05, 0.1) is 13.2 Å². The van der Waals surface area contributed by atoms with E-state index in [1.54, 1.807) is 4.90 Å². The molecule has 2 aliphatic rings. The van der Waals surface area contributed by atoms with Gasteiger partial charge in [0.1, 0.15) is 6.10 Å². The van der Waals surface area contributed by atoms with Gasteiger partial charge in [-0.05, 0) is 25.7 Å². The normalized spacial score (nSPS) is 31.2. The Morgan fingerprint density at radius 2 is 1.81 bits per heavy atom. The highest BCUT2D eigenvalue weighted by Gasteiger charge is 2.25. The molecule has 1 amide bonds. The number of ether oxygens (including phenoxy) is 2. The minimum atomic E-state index is -0.191. The Kier molecular flexibility index (Phi) is 4.01. The van der Waals surface area contributed by atoms with Gasteiger partial charge in [0.25, 0.3) is 0 Å². The molecule has 1 aliphatic carbocycles. The van der Waals surface area contributed by atoms with Crippen molar-refractivity contribution in [2.24, 2.45) is 5.73 Å². The summed E-state index contributed by atoms with van der Waals surface area (Å²) in [6, 6.07) is 0.290. The maximum absolute atomic E-state index is 11.8. The van der Waals surface area contributed by atoms with Crippen LogP contribution in [0.15, 0.2) is 0 Å². The Balaban J connectivity index is 1.73. The number of nitrogens with two attached hydrogens (primary N) is 1. The zero-order valence-electron chi connectivity index (χ0n) is 9.56. The summed E-state index contributed by atoms with van der Waals surface area (Å²) in [6.45, 7) is 2.52. The third-order valence-corrected chi connectivity index (χ3v) is 3.26. The molecule has 2 fully saturated rings. The fraction of sp³-hybridized carbons (Fsp3) is 0.909. The average molecular weight is 228 g/mol. The topological polar surface area (TPSA) is 64.8 Å². The van der Waals surface area contributed by atoms with Gasteiger partial charge in [-0.25, -0.2) is 4.79 Å². The lowest BCUT2D eigenvalue weighted by molar-refractivity contribution is 0.00461. The van der Waals surface area contributed by atoms with Crippen LogP contribution in [0.1, 0.15) is 25.7 Å². The molecule has 92 valence electrons. The SMILES string of the molecule is NC1CCC(OC(=O)N2CCOCC2)CC1. The molecule has 0 aromatic rings. The van der Waals surface area contributed by atoms with Crippen molar-refractivity contribution in [2.45, 2.75) is 37.8 Å². The molecule has 0 aromatic carbocycles. The number of amides is 1. The fourth-order valence-electron chi connectivity index (χ4n) is 2.17. The summed E-state index contributed by atoms with van der Waals surface area (Å²) in [4.78, 5) is 13.5. The molecule has 2 N–H and O–H groups in total. The van der Waals surface area contributed by atoms with Gasteiger partial charge in [-0.2, -0.15) is 0 Å². The van der Waals surface area contributed by atoms with Gasteiger partial charge in [-0.15, -0.1) is 0 Å². The second-order valence-corrected chi connectivity index (χ2v) is 4.52. The molecular weight excluding hydrogens is 208 g/mol. The van der Waals surface area contributed by atoms with Crippen LogP contribution in [-0.4, -0.2) is 49.4 Å². The number of carbonyl (C=O) groups is 1. The van der Waals surface area contributed by atoms with Crippen molar-refractivity contribution in [3.8, 4) is 0 Å². The van der Waals surface area contributed by atoms with Crippen LogP contribution in [-0.2, 0) is 9.47 Å². The third-order valence-electron chi connectivity index (χ3n) is 3.26. The van der Waals surface area contributed by atoms with Crippen molar-refractivity contribution in [1.82, 2.24) is 4.90 Å². The molecule has 0 bridgehead atoms. The molecule has 16 heavy (non-hydrogen) atoms. The van der Waals surface area contributed by atoms with Crippen molar-refractivity contribution in [3.63, 3.8) is 0 Å². The van der Waals surface area contributed by atoms with E-state index in [2.05, 4.69) is 0 Å². The average Bonchev–Trinajstić information content (AvgIpc) is 2.33. The first-order valence-electron chi connectivity index (χ1n) is 6.04. The fourth-order valence-corrected chi connectivity index (χ4v) is 2.17. The zero-order chi connectivity index (χ0) is 11.4. The number of carbonyl (C=O) groups excluding carboxylic acids is 1. The summed E-state index contributed by atoms with van der Waals surface area (Å²) in [5.74, 6) is 0. The van der Waals surface area contributed by atoms with Crippen LogP contribution in [0.2, 0.25) is 0 Å².